The van der Waals surface area contributed by atoms with E-state index in [2.05, 4.69) is 5.32 Å². The van der Waals surface area contributed by atoms with Gasteiger partial charge >= 0.3 is 0 Å². The van der Waals surface area contributed by atoms with Crippen LogP contribution in [0.3, 0.4) is 0 Å². The lowest BCUT2D eigenvalue weighted by atomic mass is 10.1. The number of rotatable bonds is 7. The van der Waals surface area contributed by atoms with Gasteiger partial charge in [-0.3, -0.25) is 9.59 Å². The Labute approximate surface area is 175 Å². The van der Waals surface area contributed by atoms with E-state index in [4.69, 9.17) is 16.3 Å². The van der Waals surface area contributed by atoms with Crippen molar-refractivity contribution in [1.82, 2.24) is 10.2 Å². The molecular formula is C22H26ClFN2O3. The SMILES string of the molecule is C[C@H](C(=O)NC(C)(C)C)N(Cc1ccc(F)cc1)C(=O)COc1ccc(Cl)cc1. The standard InChI is InChI=1S/C22H26ClFN2O3/c1-15(21(28)25-22(2,3)4)26(13-16-5-9-18(24)10-6-16)20(27)14-29-19-11-7-17(23)8-12-19/h5-12,15H,13-14H2,1-4H3,(H,25,28)/t15-/m1/s1. The Morgan fingerprint density at radius 2 is 1.69 bits per heavy atom. The summed E-state index contributed by atoms with van der Waals surface area (Å²) >= 11 is 5.85. The van der Waals surface area contributed by atoms with Crippen LogP contribution < -0.4 is 10.1 Å². The maximum absolute atomic E-state index is 13.2. The van der Waals surface area contributed by atoms with E-state index < -0.39 is 11.6 Å². The van der Waals surface area contributed by atoms with Gasteiger partial charge in [-0.15, -0.1) is 0 Å². The molecule has 7 heteroatoms. The number of nitrogens with one attached hydrogen (secondary N) is 1. The topological polar surface area (TPSA) is 58.6 Å². The Hall–Kier alpha value is -2.60. The average Bonchev–Trinajstić information content (AvgIpc) is 2.65. The Kier molecular flexibility index (Phi) is 7.62. The van der Waals surface area contributed by atoms with Crippen LogP contribution in [-0.4, -0.2) is 34.9 Å². The third-order valence-corrected chi connectivity index (χ3v) is 4.36. The fourth-order valence-corrected chi connectivity index (χ4v) is 2.73. The van der Waals surface area contributed by atoms with Crippen LogP contribution in [0.4, 0.5) is 4.39 Å². The summed E-state index contributed by atoms with van der Waals surface area (Å²) in [6, 6.07) is 11.7. The Morgan fingerprint density at radius 1 is 1.10 bits per heavy atom. The van der Waals surface area contributed by atoms with E-state index in [0.29, 0.717) is 16.3 Å². The van der Waals surface area contributed by atoms with Crippen LogP contribution in [0.2, 0.25) is 5.02 Å². The monoisotopic (exact) mass is 420 g/mol. The van der Waals surface area contributed by atoms with Crippen LogP contribution in [0.5, 0.6) is 5.75 Å². The van der Waals surface area contributed by atoms with Gasteiger partial charge in [0.15, 0.2) is 6.61 Å². The van der Waals surface area contributed by atoms with Gasteiger partial charge < -0.3 is 15.0 Å². The molecule has 2 aromatic rings. The zero-order valence-corrected chi connectivity index (χ0v) is 17.8. The smallest absolute Gasteiger partial charge is 0.261 e. The lowest BCUT2D eigenvalue weighted by Gasteiger charge is -2.31. The highest BCUT2D eigenvalue weighted by atomic mass is 35.5. The minimum absolute atomic E-state index is 0.155. The summed E-state index contributed by atoms with van der Waals surface area (Å²) in [5.74, 6) is -0.507. The summed E-state index contributed by atoms with van der Waals surface area (Å²) in [5.41, 5.74) is 0.275. The molecule has 2 aromatic carbocycles. The molecule has 0 unspecified atom stereocenters. The first-order chi connectivity index (χ1) is 13.5. The van der Waals surface area contributed by atoms with E-state index in [1.54, 1.807) is 43.3 Å². The van der Waals surface area contributed by atoms with Crippen molar-refractivity contribution in [3.63, 3.8) is 0 Å². The number of ether oxygens (including phenoxy) is 1. The van der Waals surface area contributed by atoms with E-state index in [9.17, 15) is 14.0 Å². The van der Waals surface area contributed by atoms with Crippen molar-refractivity contribution in [2.75, 3.05) is 6.61 Å². The molecule has 0 aromatic heterocycles. The number of halogens is 2. The zero-order valence-electron chi connectivity index (χ0n) is 17.0. The molecule has 0 saturated carbocycles. The van der Waals surface area contributed by atoms with Gasteiger partial charge in [-0.1, -0.05) is 23.7 Å². The number of amides is 2. The predicted molar refractivity (Wildman–Crippen MR) is 111 cm³/mol. The highest BCUT2D eigenvalue weighted by Gasteiger charge is 2.28. The quantitative estimate of drug-likeness (QED) is 0.730. The molecule has 0 aliphatic rings. The highest BCUT2D eigenvalue weighted by molar-refractivity contribution is 6.30. The molecule has 0 aliphatic heterocycles. The van der Waals surface area contributed by atoms with Crippen molar-refractivity contribution < 1.29 is 18.7 Å². The molecule has 0 bridgehead atoms. The van der Waals surface area contributed by atoms with Gasteiger partial charge in [0.2, 0.25) is 5.91 Å². The maximum Gasteiger partial charge on any atom is 0.261 e. The zero-order chi connectivity index (χ0) is 21.6. The highest BCUT2D eigenvalue weighted by Crippen LogP contribution is 2.17. The van der Waals surface area contributed by atoms with Crippen LogP contribution in [0.1, 0.15) is 33.3 Å². The number of carbonyl (C=O) groups is 2. The molecule has 0 saturated heterocycles. The first-order valence-corrected chi connectivity index (χ1v) is 9.67. The largest absolute Gasteiger partial charge is 0.484 e. The first kappa shape index (κ1) is 22.7. The minimum atomic E-state index is -0.736. The van der Waals surface area contributed by atoms with Gasteiger partial charge in [0.25, 0.3) is 5.91 Å². The molecule has 1 N–H and O–H groups in total. The van der Waals surface area contributed by atoms with Gasteiger partial charge in [-0.25, -0.2) is 4.39 Å². The fourth-order valence-electron chi connectivity index (χ4n) is 2.60. The molecule has 29 heavy (non-hydrogen) atoms. The lowest BCUT2D eigenvalue weighted by Crippen LogP contribution is -2.53. The summed E-state index contributed by atoms with van der Waals surface area (Å²) in [4.78, 5) is 26.9. The summed E-state index contributed by atoms with van der Waals surface area (Å²) < 4.78 is 18.8. The fraction of sp³-hybridized carbons (Fsp3) is 0.364. The number of carbonyl (C=O) groups excluding carboxylic acids is 2. The van der Waals surface area contributed by atoms with Gasteiger partial charge in [0.05, 0.1) is 0 Å². The molecular weight excluding hydrogens is 395 g/mol. The maximum atomic E-state index is 13.2. The summed E-state index contributed by atoms with van der Waals surface area (Å²) in [5, 5.41) is 3.44. The van der Waals surface area contributed by atoms with Crippen LogP contribution in [0.15, 0.2) is 48.5 Å². The second-order valence-corrected chi connectivity index (χ2v) is 8.24. The molecule has 2 rings (SSSR count). The molecule has 0 radical (unpaired) electrons. The van der Waals surface area contributed by atoms with Crippen molar-refractivity contribution in [2.45, 2.75) is 45.8 Å². The molecule has 0 aliphatic carbocycles. The summed E-state index contributed by atoms with van der Waals surface area (Å²) in [7, 11) is 0. The number of benzene rings is 2. The van der Waals surface area contributed by atoms with E-state index in [1.807, 2.05) is 20.8 Å². The molecule has 5 nitrogen and oxygen atoms in total. The van der Waals surface area contributed by atoms with Crippen LogP contribution in [-0.2, 0) is 16.1 Å². The third kappa shape index (κ3) is 7.38. The molecule has 0 spiro atoms. The molecule has 0 heterocycles. The van der Waals surface area contributed by atoms with Gasteiger partial charge in [0.1, 0.15) is 17.6 Å². The second-order valence-electron chi connectivity index (χ2n) is 7.81. The minimum Gasteiger partial charge on any atom is -0.484 e. The molecule has 156 valence electrons. The normalized spacial score (nSPS) is 12.2. The van der Waals surface area contributed by atoms with Gasteiger partial charge in [-0.05, 0) is 69.7 Å². The van der Waals surface area contributed by atoms with Crippen molar-refractivity contribution in [3.8, 4) is 5.75 Å². The van der Waals surface area contributed by atoms with Crippen molar-refractivity contribution >= 4 is 23.4 Å². The lowest BCUT2D eigenvalue weighted by molar-refractivity contribution is -0.142. The number of hydrogen-bond acceptors (Lipinski definition) is 3. The van der Waals surface area contributed by atoms with Crippen LogP contribution in [0.25, 0.3) is 0 Å². The van der Waals surface area contributed by atoms with Crippen molar-refractivity contribution in [1.29, 1.82) is 0 Å². The van der Waals surface area contributed by atoms with E-state index >= 15 is 0 Å². The Balaban J connectivity index is 2.15. The number of hydrogen-bond donors (Lipinski definition) is 1. The van der Waals surface area contributed by atoms with E-state index in [0.717, 1.165) is 0 Å². The van der Waals surface area contributed by atoms with Crippen molar-refractivity contribution in [2.24, 2.45) is 0 Å². The third-order valence-electron chi connectivity index (χ3n) is 4.11. The molecule has 0 fully saturated rings. The predicted octanol–water partition coefficient (Wildman–Crippen LogP) is 4.19. The van der Waals surface area contributed by atoms with Crippen LogP contribution >= 0.6 is 11.6 Å². The summed E-state index contributed by atoms with van der Waals surface area (Å²) in [6.07, 6.45) is 0. The molecule has 2 amide bonds. The van der Waals surface area contributed by atoms with Crippen LogP contribution in [0, 0.1) is 5.82 Å². The first-order valence-electron chi connectivity index (χ1n) is 9.29. The Bertz CT molecular complexity index is 833. The van der Waals surface area contributed by atoms with E-state index in [1.165, 1.54) is 17.0 Å². The van der Waals surface area contributed by atoms with Gasteiger partial charge in [0, 0.05) is 17.1 Å². The average molecular weight is 421 g/mol. The number of nitrogens with zero attached hydrogens (tertiary/aromatic N) is 1. The Morgan fingerprint density at radius 3 is 2.24 bits per heavy atom. The van der Waals surface area contributed by atoms with E-state index in [-0.39, 0.29) is 30.8 Å². The second kappa shape index (κ2) is 9.74. The molecule has 1 atom stereocenters. The van der Waals surface area contributed by atoms with Gasteiger partial charge in [-0.2, -0.15) is 0 Å². The summed E-state index contributed by atoms with van der Waals surface area (Å²) in [6.45, 7) is 7.18. The van der Waals surface area contributed by atoms with Crippen molar-refractivity contribution in [3.05, 3.63) is 64.9 Å².